The van der Waals surface area contributed by atoms with Crippen LogP contribution in [0.25, 0.3) is 0 Å². The van der Waals surface area contributed by atoms with Gasteiger partial charge in [0, 0.05) is 37.7 Å². The number of hydrogen-bond acceptors (Lipinski definition) is 5. The van der Waals surface area contributed by atoms with Crippen LogP contribution in [-0.2, 0) is 11.3 Å². The van der Waals surface area contributed by atoms with Crippen molar-refractivity contribution >= 4 is 5.95 Å². The zero-order valence-electron chi connectivity index (χ0n) is 11.0. The van der Waals surface area contributed by atoms with Gasteiger partial charge in [-0.1, -0.05) is 0 Å². The second kappa shape index (κ2) is 6.11. The van der Waals surface area contributed by atoms with E-state index < -0.39 is 0 Å². The number of hydrogen-bond donors (Lipinski definition) is 1. The standard InChI is InChI=1S/C13H21N3O2/c1-10(12-3-4-12)16(5-6-18-2)13-14-7-11(9-17)8-15-13/h7-8,10,12,17H,3-6,9H2,1-2H3. The Balaban J connectivity index is 2.09. The molecule has 1 heterocycles. The Morgan fingerprint density at radius 1 is 1.44 bits per heavy atom. The second-order valence-corrected chi connectivity index (χ2v) is 4.81. The number of aromatic nitrogens is 2. The summed E-state index contributed by atoms with van der Waals surface area (Å²) in [4.78, 5) is 10.9. The molecule has 0 aliphatic heterocycles. The van der Waals surface area contributed by atoms with Crippen LogP contribution in [0.2, 0.25) is 0 Å². The molecular weight excluding hydrogens is 230 g/mol. The number of ether oxygens (including phenoxy) is 1. The Bertz CT molecular complexity index is 365. The average molecular weight is 251 g/mol. The van der Waals surface area contributed by atoms with Crippen molar-refractivity contribution in [2.75, 3.05) is 25.2 Å². The third kappa shape index (κ3) is 3.17. The van der Waals surface area contributed by atoms with Gasteiger partial charge in [0.15, 0.2) is 0 Å². The number of aliphatic hydroxyl groups excluding tert-OH is 1. The molecule has 1 atom stereocenters. The lowest BCUT2D eigenvalue weighted by atomic mass is 10.2. The minimum Gasteiger partial charge on any atom is -0.392 e. The van der Waals surface area contributed by atoms with Crippen LogP contribution < -0.4 is 4.90 Å². The molecule has 1 aliphatic rings. The van der Waals surface area contributed by atoms with Gasteiger partial charge in [0.1, 0.15) is 0 Å². The van der Waals surface area contributed by atoms with Gasteiger partial charge in [-0.05, 0) is 25.7 Å². The van der Waals surface area contributed by atoms with Gasteiger partial charge in [0.2, 0.25) is 5.95 Å². The van der Waals surface area contributed by atoms with Gasteiger partial charge in [-0.2, -0.15) is 0 Å². The first-order valence-corrected chi connectivity index (χ1v) is 6.43. The summed E-state index contributed by atoms with van der Waals surface area (Å²) in [5.74, 6) is 1.48. The predicted octanol–water partition coefficient (Wildman–Crippen LogP) is 1.22. The van der Waals surface area contributed by atoms with E-state index in [0.717, 1.165) is 24.0 Å². The summed E-state index contributed by atoms with van der Waals surface area (Å²) < 4.78 is 5.15. The summed E-state index contributed by atoms with van der Waals surface area (Å²) >= 11 is 0. The summed E-state index contributed by atoms with van der Waals surface area (Å²) in [5, 5.41) is 9.00. The van der Waals surface area contributed by atoms with Crippen LogP contribution in [0.5, 0.6) is 0 Å². The first-order valence-electron chi connectivity index (χ1n) is 6.43. The lowest BCUT2D eigenvalue weighted by Crippen LogP contribution is -2.38. The smallest absolute Gasteiger partial charge is 0.225 e. The van der Waals surface area contributed by atoms with Crippen LogP contribution in [0.1, 0.15) is 25.3 Å². The number of anilines is 1. The summed E-state index contributed by atoms with van der Waals surface area (Å²) in [5.41, 5.74) is 0.740. The molecule has 18 heavy (non-hydrogen) atoms. The summed E-state index contributed by atoms with van der Waals surface area (Å²) in [6.45, 7) is 3.67. The van der Waals surface area contributed by atoms with E-state index in [-0.39, 0.29) is 6.61 Å². The first kappa shape index (κ1) is 13.2. The molecule has 5 nitrogen and oxygen atoms in total. The maximum atomic E-state index is 9.00. The van der Waals surface area contributed by atoms with Gasteiger partial charge < -0.3 is 14.7 Å². The van der Waals surface area contributed by atoms with Crippen molar-refractivity contribution in [1.82, 2.24) is 9.97 Å². The van der Waals surface area contributed by atoms with Crippen LogP contribution >= 0.6 is 0 Å². The normalized spacial score (nSPS) is 16.6. The molecule has 2 rings (SSSR count). The Morgan fingerprint density at radius 3 is 2.61 bits per heavy atom. The van der Waals surface area contributed by atoms with E-state index in [9.17, 15) is 0 Å². The Kier molecular flexibility index (Phi) is 4.49. The molecule has 100 valence electrons. The van der Waals surface area contributed by atoms with E-state index in [4.69, 9.17) is 9.84 Å². The quantitative estimate of drug-likeness (QED) is 0.789. The highest BCUT2D eigenvalue weighted by Crippen LogP contribution is 2.35. The molecule has 1 fully saturated rings. The van der Waals surface area contributed by atoms with Gasteiger partial charge >= 0.3 is 0 Å². The zero-order chi connectivity index (χ0) is 13.0. The molecule has 0 aromatic carbocycles. The molecule has 0 saturated heterocycles. The lowest BCUT2D eigenvalue weighted by molar-refractivity contribution is 0.202. The maximum Gasteiger partial charge on any atom is 0.225 e. The number of nitrogens with zero attached hydrogens (tertiary/aromatic N) is 3. The SMILES string of the molecule is COCCN(c1ncc(CO)cn1)C(C)C1CC1. The molecule has 0 spiro atoms. The largest absolute Gasteiger partial charge is 0.392 e. The van der Waals surface area contributed by atoms with Gasteiger partial charge in [-0.15, -0.1) is 0 Å². The predicted molar refractivity (Wildman–Crippen MR) is 69.4 cm³/mol. The molecule has 1 unspecified atom stereocenters. The van der Waals surface area contributed by atoms with Crippen LogP contribution in [-0.4, -0.2) is 41.4 Å². The van der Waals surface area contributed by atoms with E-state index in [1.807, 2.05) is 0 Å². The van der Waals surface area contributed by atoms with E-state index in [2.05, 4.69) is 21.8 Å². The fourth-order valence-corrected chi connectivity index (χ4v) is 2.09. The fraction of sp³-hybridized carbons (Fsp3) is 0.692. The number of methoxy groups -OCH3 is 1. The van der Waals surface area contributed by atoms with E-state index >= 15 is 0 Å². The van der Waals surface area contributed by atoms with E-state index in [1.165, 1.54) is 12.8 Å². The Hall–Kier alpha value is -1.20. The van der Waals surface area contributed by atoms with Crippen LogP contribution in [0, 0.1) is 5.92 Å². The lowest BCUT2D eigenvalue weighted by Gasteiger charge is -2.29. The van der Waals surface area contributed by atoms with Gasteiger partial charge in [0.05, 0.1) is 13.2 Å². The highest BCUT2D eigenvalue weighted by molar-refractivity contribution is 5.32. The highest BCUT2D eigenvalue weighted by Gasteiger charge is 2.32. The van der Waals surface area contributed by atoms with E-state index in [0.29, 0.717) is 12.6 Å². The summed E-state index contributed by atoms with van der Waals surface area (Å²) in [7, 11) is 1.70. The third-order valence-electron chi connectivity index (χ3n) is 3.46. The van der Waals surface area contributed by atoms with Crippen molar-refractivity contribution in [2.45, 2.75) is 32.4 Å². The third-order valence-corrected chi connectivity index (χ3v) is 3.46. The number of rotatable bonds is 7. The van der Waals surface area contributed by atoms with Crippen LogP contribution in [0.4, 0.5) is 5.95 Å². The van der Waals surface area contributed by atoms with E-state index in [1.54, 1.807) is 19.5 Å². The number of aliphatic hydroxyl groups is 1. The van der Waals surface area contributed by atoms with Crippen molar-refractivity contribution in [2.24, 2.45) is 5.92 Å². The molecule has 1 aliphatic carbocycles. The van der Waals surface area contributed by atoms with Gasteiger partial charge in [0.25, 0.3) is 0 Å². The molecule has 0 bridgehead atoms. The summed E-state index contributed by atoms with van der Waals surface area (Å²) in [6, 6.07) is 0.445. The topological polar surface area (TPSA) is 58.5 Å². The van der Waals surface area contributed by atoms with Crippen molar-refractivity contribution in [3.05, 3.63) is 18.0 Å². The molecule has 0 radical (unpaired) electrons. The monoisotopic (exact) mass is 251 g/mol. The second-order valence-electron chi connectivity index (χ2n) is 4.81. The van der Waals surface area contributed by atoms with Gasteiger partial charge in [-0.3, -0.25) is 0 Å². The van der Waals surface area contributed by atoms with Gasteiger partial charge in [-0.25, -0.2) is 9.97 Å². The van der Waals surface area contributed by atoms with Crippen LogP contribution in [0.15, 0.2) is 12.4 Å². The van der Waals surface area contributed by atoms with Crippen molar-refractivity contribution < 1.29 is 9.84 Å². The fourth-order valence-electron chi connectivity index (χ4n) is 2.09. The first-order chi connectivity index (χ1) is 8.76. The van der Waals surface area contributed by atoms with Crippen molar-refractivity contribution in [1.29, 1.82) is 0 Å². The molecule has 0 amide bonds. The minimum atomic E-state index is -0.0173. The Labute approximate surface area is 108 Å². The zero-order valence-corrected chi connectivity index (χ0v) is 11.0. The average Bonchev–Trinajstić information content (AvgIpc) is 3.24. The molecular formula is C13H21N3O2. The highest BCUT2D eigenvalue weighted by atomic mass is 16.5. The van der Waals surface area contributed by atoms with Crippen molar-refractivity contribution in [3.8, 4) is 0 Å². The minimum absolute atomic E-state index is 0.0173. The molecule has 5 heteroatoms. The molecule has 1 aromatic heterocycles. The molecule has 1 N–H and O–H groups in total. The van der Waals surface area contributed by atoms with Crippen LogP contribution in [0.3, 0.4) is 0 Å². The molecule has 1 saturated carbocycles. The summed E-state index contributed by atoms with van der Waals surface area (Å²) in [6.07, 6.45) is 5.95. The Morgan fingerprint density at radius 2 is 2.11 bits per heavy atom. The maximum absolute atomic E-state index is 9.00. The molecule has 1 aromatic rings. The van der Waals surface area contributed by atoms with Crippen molar-refractivity contribution in [3.63, 3.8) is 0 Å².